The van der Waals surface area contributed by atoms with Gasteiger partial charge in [-0.15, -0.1) is 0 Å². The smallest absolute Gasteiger partial charge is 0.336 e. The molecular weight excluding hydrogens is 354 g/mol. The fraction of sp³-hybridized carbons (Fsp3) is 0.0556. The summed E-state index contributed by atoms with van der Waals surface area (Å²) in [7, 11) is 0. The van der Waals surface area contributed by atoms with E-state index in [0.29, 0.717) is 22.7 Å². The standard InChI is InChI=1S/C18H11N3O6/c22-17-8-4-11-3-7-14(9-15(11)26-17)25-10-16-19-18(20-27-16)12-1-5-13(6-2-12)21(23)24/h1-9H,10H2. The Bertz CT molecular complexity index is 1180. The fourth-order valence-electron chi connectivity index (χ4n) is 2.44. The van der Waals surface area contributed by atoms with Crippen LogP contribution >= 0.6 is 0 Å². The van der Waals surface area contributed by atoms with E-state index in [1.807, 2.05) is 0 Å². The van der Waals surface area contributed by atoms with E-state index in [1.54, 1.807) is 36.4 Å². The van der Waals surface area contributed by atoms with Gasteiger partial charge in [-0.3, -0.25) is 10.1 Å². The van der Waals surface area contributed by atoms with E-state index < -0.39 is 10.5 Å². The van der Waals surface area contributed by atoms with E-state index in [9.17, 15) is 14.9 Å². The summed E-state index contributed by atoms with van der Waals surface area (Å²) < 4.78 is 15.8. The second kappa shape index (κ2) is 6.71. The molecule has 0 saturated carbocycles. The van der Waals surface area contributed by atoms with Gasteiger partial charge >= 0.3 is 5.63 Å². The van der Waals surface area contributed by atoms with E-state index in [4.69, 9.17) is 13.7 Å². The fourth-order valence-corrected chi connectivity index (χ4v) is 2.44. The summed E-state index contributed by atoms with van der Waals surface area (Å²) in [6, 6.07) is 13.9. The molecule has 9 nitrogen and oxygen atoms in total. The third-order valence-corrected chi connectivity index (χ3v) is 3.76. The van der Waals surface area contributed by atoms with E-state index >= 15 is 0 Å². The Kier molecular flexibility index (Phi) is 4.09. The zero-order valence-corrected chi connectivity index (χ0v) is 13.7. The van der Waals surface area contributed by atoms with Crippen molar-refractivity contribution >= 4 is 16.7 Å². The first-order chi connectivity index (χ1) is 13.1. The molecule has 9 heteroatoms. The maximum Gasteiger partial charge on any atom is 0.336 e. The van der Waals surface area contributed by atoms with Gasteiger partial charge in [-0.25, -0.2) is 4.79 Å². The van der Waals surface area contributed by atoms with Gasteiger partial charge in [-0.05, 0) is 30.3 Å². The molecule has 0 aliphatic carbocycles. The van der Waals surface area contributed by atoms with Crippen molar-refractivity contribution in [3.63, 3.8) is 0 Å². The van der Waals surface area contributed by atoms with Gasteiger partial charge in [0, 0.05) is 35.2 Å². The van der Waals surface area contributed by atoms with Crippen LogP contribution < -0.4 is 10.4 Å². The number of nitrogens with zero attached hydrogens (tertiary/aromatic N) is 3. The van der Waals surface area contributed by atoms with Crippen molar-refractivity contribution < 1.29 is 18.6 Å². The number of aromatic nitrogens is 2. The molecule has 0 fully saturated rings. The molecule has 134 valence electrons. The largest absolute Gasteiger partial charge is 0.484 e. The second-order valence-corrected chi connectivity index (χ2v) is 5.56. The molecule has 2 heterocycles. The Hall–Kier alpha value is -4.01. The predicted octanol–water partition coefficient (Wildman–Crippen LogP) is 3.33. The number of hydrogen-bond acceptors (Lipinski definition) is 8. The minimum Gasteiger partial charge on any atom is -0.484 e. The predicted molar refractivity (Wildman–Crippen MR) is 93.2 cm³/mol. The first-order valence-corrected chi connectivity index (χ1v) is 7.83. The highest BCUT2D eigenvalue weighted by Gasteiger charge is 2.12. The maximum atomic E-state index is 11.3. The second-order valence-electron chi connectivity index (χ2n) is 5.56. The molecule has 4 rings (SSSR count). The van der Waals surface area contributed by atoms with E-state index in [-0.39, 0.29) is 18.2 Å². The van der Waals surface area contributed by atoms with Crippen LogP contribution in [-0.2, 0) is 6.61 Å². The number of hydrogen-bond donors (Lipinski definition) is 0. The zero-order chi connectivity index (χ0) is 18.8. The van der Waals surface area contributed by atoms with Crippen molar-refractivity contribution in [1.29, 1.82) is 0 Å². The molecule has 0 spiro atoms. The third-order valence-electron chi connectivity index (χ3n) is 3.76. The summed E-state index contributed by atoms with van der Waals surface area (Å²) in [5.41, 5.74) is 0.540. The van der Waals surface area contributed by atoms with Crippen molar-refractivity contribution in [1.82, 2.24) is 10.1 Å². The zero-order valence-electron chi connectivity index (χ0n) is 13.7. The number of rotatable bonds is 5. The summed E-state index contributed by atoms with van der Waals surface area (Å²) in [4.78, 5) is 25.7. The van der Waals surface area contributed by atoms with Crippen molar-refractivity contribution in [2.45, 2.75) is 6.61 Å². The average molecular weight is 365 g/mol. The number of nitro groups is 1. The molecule has 0 saturated heterocycles. The quantitative estimate of drug-likeness (QED) is 0.300. The Morgan fingerprint density at radius 3 is 2.63 bits per heavy atom. The molecule has 2 aromatic carbocycles. The van der Waals surface area contributed by atoms with Crippen LogP contribution in [0, 0.1) is 10.1 Å². The molecule has 2 aromatic heterocycles. The van der Waals surface area contributed by atoms with Gasteiger partial charge in [0.2, 0.25) is 5.82 Å². The van der Waals surface area contributed by atoms with Crippen LogP contribution in [0.5, 0.6) is 5.75 Å². The van der Waals surface area contributed by atoms with Crippen LogP contribution in [0.25, 0.3) is 22.4 Å². The van der Waals surface area contributed by atoms with Crippen LogP contribution in [0.15, 0.2) is 68.3 Å². The Morgan fingerprint density at radius 1 is 1.07 bits per heavy atom. The Morgan fingerprint density at radius 2 is 1.85 bits per heavy atom. The third kappa shape index (κ3) is 3.52. The highest BCUT2D eigenvalue weighted by atomic mass is 16.6. The number of ether oxygens (including phenoxy) is 1. The summed E-state index contributed by atoms with van der Waals surface area (Å²) in [5, 5.41) is 15.3. The van der Waals surface area contributed by atoms with Gasteiger partial charge in [0.1, 0.15) is 11.3 Å². The van der Waals surface area contributed by atoms with Crippen LogP contribution in [0.1, 0.15) is 5.89 Å². The van der Waals surface area contributed by atoms with Crippen molar-refractivity contribution in [2.24, 2.45) is 0 Å². The van der Waals surface area contributed by atoms with Crippen LogP contribution in [0.2, 0.25) is 0 Å². The Balaban J connectivity index is 1.48. The molecule has 4 aromatic rings. The van der Waals surface area contributed by atoms with Gasteiger partial charge < -0.3 is 13.7 Å². The van der Waals surface area contributed by atoms with Crippen molar-refractivity contribution in [3.8, 4) is 17.1 Å². The first kappa shape index (κ1) is 16.5. The lowest BCUT2D eigenvalue weighted by Crippen LogP contribution is -1.97. The number of fused-ring (bicyclic) bond motifs is 1. The monoisotopic (exact) mass is 365 g/mol. The molecule has 0 N–H and O–H groups in total. The number of nitro benzene ring substituents is 1. The van der Waals surface area contributed by atoms with Gasteiger partial charge in [0.05, 0.1) is 4.92 Å². The van der Waals surface area contributed by atoms with Gasteiger partial charge in [0.15, 0.2) is 6.61 Å². The summed E-state index contributed by atoms with van der Waals surface area (Å²) in [5.74, 6) is 1.01. The minimum absolute atomic E-state index is 0.0164. The summed E-state index contributed by atoms with van der Waals surface area (Å²) >= 11 is 0. The first-order valence-electron chi connectivity index (χ1n) is 7.83. The lowest BCUT2D eigenvalue weighted by Gasteiger charge is -2.03. The van der Waals surface area contributed by atoms with Crippen LogP contribution in [0.3, 0.4) is 0 Å². The van der Waals surface area contributed by atoms with Crippen molar-refractivity contribution in [2.75, 3.05) is 0 Å². The van der Waals surface area contributed by atoms with Crippen molar-refractivity contribution in [3.05, 3.63) is 81.0 Å². The highest BCUT2D eigenvalue weighted by molar-refractivity contribution is 5.77. The maximum absolute atomic E-state index is 11.3. The molecule has 0 radical (unpaired) electrons. The molecule has 0 bridgehead atoms. The lowest BCUT2D eigenvalue weighted by molar-refractivity contribution is -0.384. The lowest BCUT2D eigenvalue weighted by atomic mass is 10.2. The molecule has 27 heavy (non-hydrogen) atoms. The molecule has 0 aliphatic heterocycles. The molecule has 0 aliphatic rings. The van der Waals surface area contributed by atoms with Gasteiger partial charge in [-0.1, -0.05) is 5.16 Å². The summed E-state index contributed by atoms with van der Waals surface area (Å²) in [6.45, 7) is 0.0164. The van der Waals surface area contributed by atoms with E-state index in [1.165, 1.54) is 18.2 Å². The summed E-state index contributed by atoms with van der Waals surface area (Å²) in [6.07, 6.45) is 0. The SMILES string of the molecule is O=c1ccc2ccc(OCc3nc(-c4ccc([N+](=O)[O-])cc4)no3)cc2o1. The van der Waals surface area contributed by atoms with Crippen LogP contribution in [-0.4, -0.2) is 15.1 Å². The van der Waals surface area contributed by atoms with Gasteiger partial charge in [0.25, 0.3) is 11.6 Å². The van der Waals surface area contributed by atoms with E-state index in [2.05, 4.69) is 10.1 Å². The highest BCUT2D eigenvalue weighted by Crippen LogP contribution is 2.22. The molecule has 0 amide bonds. The molecule has 0 unspecified atom stereocenters. The van der Waals surface area contributed by atoms with E-state index in [0.717, 1.165) is 5.39 Å². The average Bonchev–Trinajstić information content (AvgIpc) is 3.15. The number of non-ortho nitro benzene ring substituents is 1. The molecular formula is C18H11N3O6. The topological polar surface area (TPSA) is 122 Å². The normalized spacial score (nSPS) is 10.8. The van der Waals surface area contributed by atoms with Crippen LogP contribution in [0.4, 0.5) is 5.69 Å². The minimum atomic E-state index is -0.481. The molecule has 0 atom stereocenters. The van der Waals surface area contributed by atoms with Gasteiger partial charge in [-0.2, -0.15) is 4.98 Å². The number of benzene rings is 2. The Labute approximate surface area is 151 Å².